The third-order valence-electron chi connectivity index (χ3n) is 3.23. The Morgan fingerprint density at radius 3 is 2.84 bits per heavy atom. The molecule has 1 aromatic carbocycles. The minimum absolute atomic E-state index is 0.204. The van der Waals surface area contributed by atoms with E-state index in [9.17, 15) is 15.0 Å². The van der Waals surface area contributed by atoms with Gasteiger partial charge in [-0.05, 0) is 37.1 Å². The number of aliphatic hydroxyl groups is 1. The molecule has 0 amide bonds. The molecular weight excluding hydrogens is 248 g/mol. The molecule has 19 heavy (non-hydrogen) atoms. The van der Waals surface area contributed by atoms with Gasteiger partial charge in [-0.25, -0.2) is 4.79 Å². The summed E-state index contributed by atoms with van der Waals surface area (Å²) in [5, 5.41) is 30.6. The Kier molecular flexibility index (Phi) is 3.24. The van der Waals surface area contributed by atoms with Crippen LogP contribution in [0.4, 0.5) is 0 Å². The third-order valence-corrected chi connectivity index (χ3v) is 3.23. The van der Waals surface area contributed by atoms with Crippen LogP contribution < -0.4 is 9.84 Å². The summed E-state index contributed by atoms with van der Waals surface area (Å²) in [5.41, 5.74) is -0.0753. The Morgan fingerprint density at radius 1 is 1.53 bits per heavy atom. The number of hydrogen-bond acceptors (Lipinski definition) is 4. The van der Waals surface area contributed by atoms with Gasteiger partial charge in [-0.3, -0.25) is 0 Å². The van der Waals surface area contributed by atoms with Crippen LogP contribution in [-0.2, 0) is 11.2 Å². The summed E-state index contributed by atoms with van der Waals surface area (Å²) in [6.07, 6.45) is 1.59. The first-order chi connectivity index (χ1) is 8.81. The maximum absolute atomic E-state index is 12.1. The molecule has 1 atom stereocenters. The Bertz CT molecular complexity index is 545. The monoisotopic (exact) mass is 263 g/mol. The van der Waals surface area contributed by atoms with Gasteiger partial charge in [0.05, 0.1) is 6.10 Å². The van der Waals surface area contributed by atoms with Crippen LogP contribution in [0.25, 0.3) is 6.08 Å². The molecule has 1 heterocycles. The van der Waals surface area contributed by atoms with Crippen LogP contribution in [0.15, 0.2) is 18.2 Å². The van der Waals surface area contributed by atoms with Crippen LogP contribution in [0.3, 0.4) is 0 Å². The van der Waals surface area contributed by atoms with E-state index in [-0.39, 0.29) is 17.7 Å². The van der Waals surface area contributed by atoms with Crippen LogP contribution in [0.1, 0.15) is 25.0 Å². The Morgan fingerprint density at radius 2 is 2.21 bits per heavy atom. The van der Waals surface area contributed by atoms with Gasteiger partial charge in [-0.2, -0.15) is 0 Å². The fourth-order valence-corrected chi connectivity index (χ4v) is 2.00. The molecule has 102 valence electrons. The molecule has 2 N–H and O–H groups in total. The lowest BCUT2D eigenvalue weighted by molar-refractivity contribution is -0.270. The van der Waals surface area contributed by atoms with Crippen molar-refractivity contribution in [2.24, 2.45) is 0 Å². The molecule has 2 rings (SSSR count). The van der Waals surface area contributed by atoms with E-state index < -0.39 is 17.7 Å². The number of benzene rings is 1. The molecule has 0 fully saturated rings. The van der Waals surface area contributed by atoms with E-state index in [4.69, 9.17) is 9.84 Å². The molecule has 5 heteroatoms. The first kappa shape index (κ1) is 13.4. The predicted octanol–water partition coefficient (Wildman–Crippen LogP) is 0.932. The Labute approximate surface area is 110 Å². The molecule has 1 aliphatic rings. The highest BCUT2D eigenvalue weighted by molar-refractivity contribution is 5.86. The highest BCUT2D eigenvalue weighted by atomic mass is 16.5. The first-order valence-corrected chi connectivity index (χ1v) is 5.92. The second kappa shape index (κ2) is 4.59. The normalized spacial score (nSPS) is 20.9. The molecule has 0 saturated heterocycles. The van der Waals surface area contributed by atoms with Gasteiger partial charge in [0.1, 0.15) is 11.4 Å². The van der Waals surface area contributed by atoms with Crippen LogP contribution in [0, 0.1) is 0 Å². The molecule has 1 aliphatic heterocycles. The summed E-state index contributed by atoms with van der Waals surface area (Å²) >= 11 is 0. The number of rotatable bonds is 2. The Balaban J connectivity index is 2.41. The van der Waals surface area contributed by atoms with Crippen molar-refractivity contribution in [3.8, 4) is 11.5 Å². The molecule has 0 bridgehead atoms. The summed E-state index contributed by atoms with van der Waals surface area (Å²) in [5.74, 6) is -0.966. The molecule has 0 unspecified atom stereocenters. The van der Waals surface area contributed by atoms with Crippen molar-refractivity contribution in [1.29, 1.82) is 0 Å². The zero-order valence-corrected chi connectivity index (χ0v) is 10.7. The maximum atomic E-state index is 12.1. The van der Waals surface area contributed by atoms with Gasteiger partial charge in [0.2, 0.25) is 0 Å². The average molecular weight is 263 g/mol. The predicted molar refractivity (Wildman–Crippen MR) is 67.0 cm³/mol. The summed E-state index contributed by atoms with van der Waals surface area (Å²) in [6.45, 7) is 3.51. The average Bonchev–Trinajstić information content (AvgIpc) is 2.30. The maximum Gasteiger partial charge on any atom is 0.328 e. The molecule has 0 radical (unpaired) electrons. The SMILES string of the molecule is CC1(C)Oc2ccc(/C=C/C(=O)O)c([O-])c2C[C@H]1O. The molecule has 0 aromatic heterocycles. The zero-order valence-electron chi connectivity index (χ0n) is 10.7. The lowest BCUT2D eigenvalue weighted by atomic mass is 9.89. The highest BCUT2D eigenvalue weighted by Gasteiger charge is 2.35. The second-order valence-corrected chi connectivity index (χ2v) is 5.06. The highest BCUT2D eigenvalue weighted by Crippen LogP contribution is 2.38. The summed E-state index contributed by atoms with van der Waals surface area (Å²) in [6, 6.07) is 3.15. The van der Waals surface area contributed by atoms with Crippen LogP contribution in [0.5, 0.6) is 11.5 Å². The summed E-state index contributed by atoms with van der Waals surface area (Å²) in [7, 11) is 0. The van der Waals surface area contributed by atoms with Gasteiger partial charge in [0.25, 0.3) is 0 Å². The van der Waals surface area contributed by atoms with Crippen molar-refractivity contribution < 1.29 is 24.9 Å². The molecule has 1 aromatic rings. The quantitative estimate of drug-likeness (QED) is 0.775. The Hall–Kier alpha value is -2.01. The first-order valence-electron chi connectivity index (χ1n) is 5.92. The van der Waals surface area contributed by atoms with E-state index in [1.54, 1.807) is 19.9 Å². The van der Waals surface area contributed by atoms with Gasteiger partial charge >= 0.3 is 5.97 Å². The van der Waals surface area contributed by atoms with Gasteiger partial charge < -0.3 is 20.1 Å². The number of fused-ring (bicyclic) bond motifs is 1. The van der Waals surface area contributed by atoms with Crippen LogP contribution in [-0.4, -0.2) is 27.9 Å². The standard InChI is InChI=1S/C14H16O5/c1-14(2)11(15)7-9-10(19-14)5-3-8(13(9)18)4-6-12(16)17/h3-6,11,15,18H,7H2,1-2H3,(H,16,17)/p-1/b6-4+/t11-/m1/s1. The topological polar surface area (TPSA) is 89.8 Å². The number of carboxylic acids is 1. The van der Waals surface area contributed by atoms with E-state index in [0.717, 1.165) is 6.08 Å². The van der Waals surface area contributed by atoms with Gasteiger partial charge in [0.15, 0.2) is 0 Å². The van der Waals surface area contributed by atoms with Crippen LogP contribution >= 0.6 is 0 Å². The van der Waals surface area contributed by atoms with E-state index in [0.29, 0.717) is 11.3 Å². The minimum atomic E-state index is -1.12. The van der Waals surface area contributed by atoms with Crippen molar-refractivity contribution >= 4 is 12.0 Å². The lowest BCUT2D eigenvalue weighted by Gasteiger charge is -2.39. The lowest BCUT2D eigenvalue weighted by Crippen LogP contribution is -2.46. The van der Waals surface area contributed by atoms with Crippen LogP contribution in [0.2, 0.25) is 0 Å². The number of carboxylic acid groups (broad SMARTS) is 1. The van der Waals surface area contributed by atoms with Crippen molar-refractivity contribution in [3.05, 3.63) is 29.3 Å². The number of hydrogen-bond donors (Lipinski definition) is 2. The smallest absolute Gasteiger partial charge is 0.328 e. The second-order valence-electron chi connectivity index (χ2n) is 5.06. The van der Waals surface area contributed by atoms with Crippen molar-refractivity contribution in [2.45, 2.75) is 32.0 Å². The van der Waals surface area contributed by atoms with Crippen molar-refractivity contribution in [2.75, 3.05) is 0 Å². The van der Waals surface area contributed by atoms with Crippen molar-refractivity contribution in [1.82, 2.24) is 0 Å². The number of carbonyl (C=O) groups is 1. The van der Waals surface area contributed by atoms with E-state index >= 15 is 0 Å². The van der Waals surface area contributed by atoms with Crippen molar-refractivity contribution in [3.63, 3.8) is 0 Å². The zero-order chi connectivity index (χ0) is 14.2. The molecule has 0 aliphatic carbocycles. The molecule has 0 spiro atoms. The fourth-order valence-electron chi connectivity index (χ4n) is 2.00. The summed E-state index contributed by atoms with van der Waals surface area (Å²) in [4.78, 5) is 10.5. The van der Waals surface area contributed by atoms with Gasteiger partial charge in [0, 0.05) is 12.5 Å². The van der Waals surface area contributed by atoms with E-state index in [1.165, 1.54) is 12.1 Å². The van der Waals surface area contributed by atoms with Gasteiger partial charge in [-0.1, -0.05) is 11.8 Å². The van der Waals surface area contributed by atoms with E-state index in [1.807, 2.05) is 0 Å². The third kappa shape index (κ3) is 2.56. The number of aliphatic carboxylic acids is 1. The largest absolute Gasteiger partial charge is 0.872 e. The molecule has 0 saturated carbocycles. The summed E-state index contributed by atoms with van der Waals surface area (Å²) < 4.78 is 5.60. The number of aliphatic hydroxyl groups excluding tert-OH is 1. The van der Waals surface area contributed by atoms with Gasteiger partial charge in [-0.15, -0.1) is 0 Å². The minimum Gasteiger partial charge on any atom is -0.872 e. The fraction of sp³-hybridized carbons (Fsp3) is 0.357. The molecule has 5 nitrogen and oxygen atoms in total. The molecular formula is C14H15O5-. The van der Waals surface area contributed by atoms with E-state index in [2.05, 4.69) is 0 Å². The number of ether oxygens (including phenoxy) is 1.